The zero-order valence-corrected chi connectivity index (χ0v) is 6.17. The third-order valence-corrected chi connectivity index (χ3v) is 1.57. The van der Waals surface area contributed by atoms with Crippen molar-refractivity contribution < 1.29 is 9.59 Å². The Labute approximate surface area is 64.5 Å². The summed E-state index contributed by atoms with van der Waals surface area (Å²) in [6, 6.07) is 0. The molecule has 62 valence electrons. The van der Waals surface area contributed by atoms with Crippen molar-refractivity contribution in [2.24, 2.45) is 5.73 Å². The van der Waals surface area contributed by atoms with E-state index in [4.69, 9.17) is 5.73 Å². The third-order valence-electron chi connectivity index (χ3n) is 1.57. The van der Waals surface area contributed by atoms with Crippen molar-refractivity contribution in [1.29, 1.82) is 0 Å². The number of rotatable bonds is 1. The molecule has 1 saturated heterocycles. The van der Waals surface area contributed by atoms with Gasteiger partial charge in [0.05, 0.1) is 13.1 Å². The van der Waals surface area contributed by atoms with Gasteiger partial charge in [-0.05, 0) is 0 Å². The number of carbonyl (C=O) groups excluding carboxylic acids is 2. The van der Waals surface area contributed by atoms with E-state index in [1.807, 2.05) is 0 Å². The molecule has 0 radical (unpaired) electrons. The van der Waals surface area contributed by atoms with Gasteiger partial charge in [-0.25, -0.2) is 0 Å². The number of hydrogen-bond donors (Lipinski definition) is 2. The van der Waals surface area contributed by atoms with Gasteiger partial charge in [-0.3, -0.25) is 9.59 Å². The van der Waals surface area contributed by atoms with E-state index in [9.17, 15) is 9.59 Å². The third kappa shape index (κ3) is 1.91. The molecule has 1 fully saturated rings. The number of carbonyl (C=O) groups is 2. The molecule has 1 aliphatic rings. The van der Waals surface area contributed by atoms with E-state index in [1.54, 1.807) is 0 Å². The van der Waals surface area contributed by atoms with E-state index in [2.05, 4.69) is 5.32 Å². The molecule has 0 aromatic rings. The predicted octanol–water partition coefficient (Wildman–Crippen LogP) is -2.10. The van der Waals surface area contributed by atoms with E-state index in [0.717, 1.165) is 0 Å². The van der Waals surface area contributed by atoms with Crippen molar-refractivity contribution in [1.82, 2.24) is 10.2 Å². The number of nitrogens with two attached hydrogens (primary N) is 1. The minimum atomic E-state index is -0.167. The van der Waals surface area contributed by atoms with Crippen LogP contribution < -0.4 is 11.1 Å². The second-order valence-electron chi connectivity index (χ2n) is 2.37. The summed E-state index contributed by atoms with van der Waals surface area (Å²) in [5.41, 5.74) is 5.13. The lowest BCUT2D eigenvalue weighted by Crippen LogP contribution is -2.51. The topological polar surface area (TPSA) is 75.4 Å². The average Bonchev–Trinajstić information content (AvgIpc) is 2.03. The molecule has 11 heavy (non-hydrogen) atoms. The van der Waals surface area contributed by atoms with Gasteiger partial charge >= 0.3 is 0 Å². The Bertz CT molecular complexity index is 181. The van der Waals surface area contributed by atoms with Crippen molar-refractivity contribution in [2.75, 3.05) is 26.2 Å². The van der Waals surface area contributed by atoms with Crippen LogP contribution in [0.4, 0.5) is 0 Å². The second-order valence-corrected chi connectivity index (χ2v) is 2.37. The zero-order valence-electron chi connectivity index (χ0n) is 6.17. The summed E-state index contributed by atoms with van der Waals surface area (Å²) < 4.78 is 0. The van der Waals surface area contributed by atoms with Crippen LogP contribution in [0.2, 0.25) is 0 Å². The Balaban J connectivity index is 2.45. The molecule has 0 saturated carbocycles. The number of amides is 2. The Hall–Kier alpha value is -1.10. The van der Waals surface area contributed by atoms with Gasteiger partial charge in [0.15, 0.2) is 0 Å². The Kier molecular flexibility index (Phi) is 2.43. The number of hydrogen-bond acceptors (Lipinski definition) is 3. The van der Waals surface area contributed by atoms with Gasteiger partial charge in [0, 0.05) is 13.1 Å². The molecular formula is C6H11N3O2. The van der Waals surface area contributed by atoms with Gasteiger partial charge in [-0.15, -0.1) is 0 Å². The van der Waals surface area contributed by atoms with Crippen LogP contribution in [0, 0.1) is 0 Å². The summed E-state index contributed by atoms with van der Waals surface area (Å²) in [7, 11) is 0. The van der Waals surface area contributed by atoms with Gasteiger partial charge in [0.1, 0.15) is 0 Å². The molecule has 2 amide bonds. The highest BCUT2D eigenvalue weighted by atomic mass is 16.2. The van der Waals surface area contributed by atoms with Crippen LogP contribution in [0.1, 0.15) is 0 Å². The van der Waals surface area contributed by atoms with Crippen molar-refractivity contribution >= 4 is 11.8 Å². The quantitative estimate of drug-likeness (QED) is 0.458. The molecule has 0 unspecified atom stereocenters. The lowest BCUT2D eigenvalue weighted by molar-refractivity contribution is -0.137. The molecule has 0 aromatic carbocycles. The first-order valence-corrected chi connectivity index (χ1v) is 3.48. The number of nitrogens with one attached hydrogen (secondary N) is 1. The lowest BCUT2D eigenvalue weighted by atomic mass is 10.3. The van der Waals surface area contributed by atoms with Crippen LogP contribution in [-0.4, -0.2) is 42.9 Å². The Morgan fingerprint density at radius 3 is 3.00 bits per heavy atom. The monoisotopic (exact) mass is 157 g/mol. The van der Waals surface area contributed by atoms with E-state index >= 15 is 0 Å². The van der Waals surface area contributed by atoms with E-state index < -0.39 is 0 Å². The van der Waals surface area contributed by atoms with Crippen LogP contribution in [0.25, 0.3) is 0 Å². The fraction of sp³-hybridized carbons (Fsp3) is 0.667. The largest absolute Gasteiger partial charge is 0.353 e. The van der Waals surface area contributed by atoms with Gasteiger partial charge in [-0.2, -0.15) is 0 Å². The normalized spacial score (nSPS) is 17.9. The Morgan fingerprint density at radius 1 is 1.73 bits per heavy atom. The van der Waals surface area contributed by atoms with E-state index in [-0.39, 0.29) is 24.9 Å². The van der Waals surface area contributed by atoms with Gasteiger partial charge < -0.3 is 16.0 Å². The maximum Gasteiger partial charge on any atom is 0.239 e. The first-order chi connectivity index (χ1) is 5.24. The van der Waals surface area contributed by atoms with Crippen molar-refractivity contribution in [3.8, 4) is 0 Å². The van der Waals surface area contributed by atoms with Crippen LogP contribution in [0.5, 0.6) is 0 Å². The number of nitrogens with zero attached hydrogens (tertiary/aromatic N) is 1. The molecular weight excluding hydrogens is 146 g/mol. The maximum atomic E-state index is 10.9. The van der Waals surface area contributed by atoms with Crippen molar-refractivity contribution in [2.45, 2.75) is 0 Å². The summed E-state index contributed by atoms with van der Waals surface area (Å²) in [6.45, 7) is 1.23. The van der Waals surface area contributed by atoms with Crippen molar-refractivity contribution in [3.05, 3.63) is 0 Å². The van der Waals surface area contributed by atoms with Crippen LogP contribution in [0.3, 0.4) is 0 Å². The van der Waals surface area contributed by atoms with Crippen LogP contribution in [0.15, 0.2) is 0 Å². The van der Waals surface area contributed by atoms with E-state index in [1.165, 1.54) is 4.90 Å². The molecule has 0 spiro atoms. The second kappa shape index (κ2) is 3.34. The fourth-order valence-corrected chi connectivity index (χ4v) is 0.981. The smallest absolute Gasteiger partial charge is 0.239 e. The molecule has 3 N–H and O–H groups in total. The molecule has 0 atom stereocenters. The SMILES string of the molecule is NCC(=O)N1CCNC(=O)C1. The summed E-state index contributed by atoms with van der Waals surface area (Å²) in [4.78, 5) is 23.1. The average molecular weight is 157 g/mol. The van der Waals surface area contributed by atoms with Crippen LogP contribution >= 0.6 is 0 Å². The Morgan fingerprint density at radius 2 is 2.45 bits per heavy atom. The van der Waals surface area contributed by atoms with E-state index in [0.29, 0.717) is 13.1 Å². The molecule has 5 nitrogen and oxygen atoms in total. The standard InChI is InChI=1S/C6H11N3O2/c7-3-6(11)9-2-1-8-5(10)4-9/h1-4,7H2,(H,8,10). The fourth-order valence-electron chi connectivity index (χ4n) is 0.981. The molecule has 1 heterocycles. The molecule has 0 aromatic heterocycles. The summed E-state index contributed by atoms with van der Waals surface area (Å²) >= 11 is 0. The highest BCUT2D eigenvalue weighted by Gasteiger charge is 2.19. The van der Waals surface area contributed by atoms with Gasteiger partial charge in [-0.1, -0.05) is 0 Å². The van der Waals surface area contributed by atoms with Crippen molar-refractivity contribution in [3.63, 3.8) is 0 Å². The van der Waals surface area contributed by atoms with Gasteiger partial charge in [0.2, 0.25) is 11.8 Å². The lowest BCUT2D eigenvalue weighted by Gasteiger charge is -2.25. The molecule has 1 aliphatic heterocycles. The highest BCUT2D eigenvalue weighted by Crippen LogP contribution is 1.92. The molecule has 0 aliphatic carbocycles. The highest BCUT2D eigenvalue weighted by molar-refractivity contribution is 5.86. The van der Waals surface area contributed by atoms with Crippen LogP contribution in [-0.2, 0) is 9.59 Å². The summed E-state index contributed by atoms with van der Waals surface area (Å²) in [5.74, 6) is -0.280. The maximum absolute atomic E-state index is 10.9. The zero-order chi connectivity index (χ0) is 8.27. The first-order valence-electron chi connectivity index (χ1n) is 3.48. The summed E-state index contributed by atoms with van der Waals surface area (Å²) in [5, 5.41) is 2.62. The van der Waals surface area contributed by atoms with Gasteiger partial charge in [0.25, 0.3) is 0 Å². The first kappa shape index (κ1) is 8.00. The number of piperazine rings is 1. The predicted molar refractivity (Wildman–Crippen MR) is 38.6 cm³/mol. The molecule has 5 heteroatoms. The minimum absolute atomic E-state index is 0.0206. The summed E-state index contributed by atoms with van der Waals surface area (Å²) in [6.07, 6.45) is 0. The molecule has 0 bridgehead atoms. The minimum Gasteiger partial charge on any atom is -0.353 e. The molecule has 1 rings (SSSR count).